The van der Waals surface area contributed by atoms with Crippen molar-refractivity contribution in [3.8, 4) is 5.88 Å². The van der Waals surface area contributed by atoms with Gasteiger partial charge in [0, 0.05) is 11.7 Å². The van der Waals surface area contributed by atoms with Gasteiger partial charge in [0.2, 0.25) is 5.88 Å². The van der Waals surface area contributed by atoms with E-state index < -0.39 is 24.4 Å². The summed E-state index contributed by atoms with van der Waals surface area (Å²) >= 11 is 0. The summed E-state index contributed by atoms with van der Waals surface area (Å²) in [7, 11) is -0.464. The molecule has 1 aliphatic heterocycles. The van der Waals surface area contributed by atoms with Crippen molar-refractivity contribution in [2.75, 3.05) is 6.61 Å². The Bertz CT molecular complexity index is 545. The predicted octanol–water partition coefficient (Wildman–Crippen LogP) is 1.42. The number of nitrogens with zero attached hydrogens (tertiary/aromatic N) is 1. The third kappa shape index (κ3) is 4.14. The standard InChI is InChI=1S/C15H23BN2O5/c1-10(18-13(19)20)9-21-12-7-6-11(8-17-12)16-22-14(2,3)15(4,5)23-16/h6-8,10,18H,9H2,1-5H3,(H,19,20)/t10-/m1/s1. The molecule has 1 aliphatic rings. The summed E-state index contributed by atoms with van der Waals surface area (Å²) in [5, 5.41) is 10.9. The van der Waals surface area contributed by atoms with Crippen molar-refractivity contribution in [2.45, 2.75) is 51.9 Å². The Balaban J connectivity index is 1.94. The zero-order valence-electron chi connectivity index (χ0n) is 14.1. The maximum Gasteiger partial charge on any atom is 0.496 e. The fourth-order valence-corrected chi connectivity index (χ4v) is 2.06. The van der Waals surface area contributed by atoms with Crippen molar-refractivity contribution >= 4 is 18.7 Å². The minimum Gasteiger partial charge on any atom is -0.475 e. The number of hydrogen-bond donors (Lipinski definition) is 2. The third-order valence-corrected chi connectivity index (χ3v) is 4.14. The number of rotatable bonds is 5. The molecule has 7 nitrogen and oxygen atoms in total. The van der Waals surface area contributed by atoms with Crippen molar-refractivity contribution in [1.29, 1.82) is 0 Å². The lowest BCUT2D eigenvalue weighted by Crippen LogP contribution is -2.41. The van der Waals surface area contributed by atoms with Crippen molar-refractivity contribution in [2.24, 2.45) is 0 Å². The van der Waals surface area contributed by atoms with E-state index in [0.29, 0.717) is 5.88 Å². The molecule has 0 radical (unpaired) electrons. The summed E-state index contributed by atoms with van der Waals surface area (Å²) < 4.78 is 17.4. The number of nitrogens with one attached hydrogen (secondary N) is 1. The summed E-state index contributed by atoms with van der Waals surface area (Å²) in [6, 6.07) is 3.23. The van der Waals surface area contributed by atoms with Crippen LogP contribution in [-0.2, 0) is 9.31 Å². The van der Waals surface area contributed by atoms with Crippen molar-refractivity contribution in [3.05, 3.63) is 18.3 Å². The predicted molar refractivity (Wildman–Crippen MR) is 86.1 cm³/mol. The molecule has 2 N–H and O–H groups in total. The van der Waals surface area contributed by atoms with Gasteiger partial charge in [0.15, 0.2) is 0 Å². The molecular formula is C15H23BN2O5. The molecular weight excluding hydrogens is 299 g/mol. The molecule has 1 fully saturated rings. The Morgan fingerprint density at radius 1 is 1.35 bits per heavy atom. The highest BCUT2D eigenvalue weighted by Gasteiger charge is 2.51. The molecule has 8 heteroatoms. The Morgan fingerprint density at radius 3 is 2.43 bits per heavy atom. The molecule has 0 spiro atoms. The van der Waals surface area contributed by atoms with E-state index in [4.69, 9.17) is 19.2 Å². The highest BCUT2D eigenvalue weighted by molar-refractivity contribution is 6.62. The van der Waals surface area contributed by atoms with E-state index in [1.807, 2.05) is 33.8 Å². The number of carboxylic acid groups (broad SMARTS) is 1. The maximum absolute atomic E-state index is 10.5. The second-order valence-electron chi connectivity index (χ2n) is 6.68. The molecule has 1 atom stereocenters. The van der Waals surface area contributed by atoms with Gasteiger partial charge < -0.3 is 24.5 Å². The molecule has 0 saturated carbocycles. The van der Waals surface area contributed by atoms with E-state index in [0.717, 1.165) is 5.46 Å². The first kappa shape index (κ1) is 17.6. The summed E-state index contributed by atoms with van der Waals surface area (Å²) in [5.41, 5.74) is 0.0166. The minimum atomic E-state index is -1.08. The molecule has 1 aromatic rings. The van der Waals surface area contributed by atoms with Gasteiger partial charge in [-0.2, -0.15) is 0 Å². The van der Waals surface area contributed by atoms with Crippen LogP contribution in [0.1, 0.15) is 34.6 Å². The molecule has 0 aromatic carbocycles. The van der Waals surface area contributed by atoms with Gasteiger partial charge in [-0.25, -0.2) is 9.78 Å². The molecule has 126 valence electrons. The number of amides is 1. The number of hydrogen-bond acceptors (Lipinski definition) is 5. The van der Waals surface area contributed by atoms with Crippen LogP contribution < -0.4 is 15.5 Å². The SMILES string of the molecule is C[C@H](COc1ccc(B2OC(C)(C)C(C)(C)O2)cn1)NC(=O)O. The van der Waals surface area contributed by atoms with E-state index in [9.17, 15) is 4.79 Å². The zero-order valence-corrected chi connectivity index (χ0v) is 14.1. The normalized spacial score (nSPS) is 20.1. The van der Waals surface area contributed by atoms with Crippen LogP contribution in [0.25, 0.3) is 0 Å². The molecule has 1 saturated heterocycles. The van der Waals surface area contributed by atoms with Gasteiger partial charge in [0.25, 0.3) is 0 Å². The highest BCUT2D eigenvalue weighted by atomic mass is 16.7. The quantitative estimate of drug-likeness (QED) is 0.797. The number of aromatic nitrogens is 1. The van der Waals surface area contributed by atoms with Gasteiger partial charge in [-0.05, 0) is 40.7 Å². The number of ether oxygens (including phenoxy) is 1. The lowest BCUT2D eigenvalue weighted by Gasteiger charge is -2.32. The van der Waals surface area contributed by atoms with Crippen molar-refractivity contribution in [3.63, 3.8) is 0 Å². The van der Waals surface area contributed by atoms with E-state index in [2.05, 4.69) is 10.3 Å². The first-order valence-electron chi connectivity index (χ1n) is 7.54. The molecule has 23 heavy (non-hydrogen) atoms. The summed E-state index contributed by atoms with van der Waals surface area (Å²) in [4.78, 5) is 14.7. The summed E-state index contributed by atoms with van der Waals surface area (Å²) in [6.45, 7) is 9.90. The fourth-order valence-electron chi connectivity index (χ4n) is 2.06. The second kappa shape index (κ2) is 6.37. The molecule has 1 aromatic heterocycles. The van der Waals surface area contributed by atoms with Gasteiger partial charge in [0.05, 0.1) is 17.2 Å². The highest BCUT2D eigenvalue weighted by Crippen LogP contribution is 2.36. The van der Waals surface area contributed by atoms with E-state index >= 15 is 0 Å². The summed E-state index contributed by atoms with van der Waals surface area (Å²) in [6.07, 6.45) is 0.567. The summed E-state index contributed by atoms with van der Waals surface area (Å²) in [5.74, 6) is 0.421. The first-order chi connectivity index (χ1) is 10.6. The third-order valence-electron chi connectivity index (χ3n) is 4.14. The van der Waals surface area contributed by atoms with Crippen molar-refractivity contribution < 1.29 is 23.9 Å². The molecule has 2 rings (SSSR count). The minimum absolute atomic E-state index is 0.204. The molecule has 2 heterocycles. The van der Waals surface area contributed by atoms with Gasteiger partial charge in [0.1, 0.15) is 6.61 Å². The first-order valence-corrected chi connectivity index (χ1v) is 7.54. The molecule has 0 aliphatic carbocycles. The molecule has 0 bridgehead atoms. The van der Waals surface area contributed by atoms with Crippen LogP contribution >= 0.6 is 0 Å². The van der Waals surface area contributed by atoms with Crippen LogP contribution in [0.5, 0.6) is 5.88 Å². The van der Waals surface area contributed by atoms with Crippen LogP contribution in [0, 0.1) is 0 Å². The molecule has 0 unspecified atom stereocenters. The van der Waals surface area contributed by atoms with E-state index in [-0.39, 0.29) is 12.6 Å². The molecule has 1 amide bonds. The van der Waals surface area contributed by atoms with Crippen LogP contribution in [0.4, 0.5) is 4.79 Å². The van der Waals surface area contributed by atoms with Gasteiger partial charge in [-0.3, -0.25) is 0 Å². The van der Waals surface area contributed by atoms with Gasteiger partial charge in [-0.15, -0.1) is 0 Å². The second-order valence-corrected chi connectivity index (χ2v) is 6.68. The van der Waals surface area contributed by atoms with Crippen LogP contribution in [0.2, 0.25) is 0 Å². The number of carbonyl (C=O) groups is 1. The van der Waals surface area contributed by atoms with E-state index in [1.54, 1.807) is 19.2 Å². The van der Waals surface area contributed by atoms with Crippen LogP contribution in [-0.4, -0.2) is 47.2 Å². The van der Waals surface area contributed by atoms with Gasteiger partial charge in [-0.1, -0.05) is 6.07 Å². The van der Waals surface area contributed by atoms with Crippen molar-refractivity contribution in [1.82, 2.24) is 10.3 Å². The van der Waals surface area contributed by atoms with Crippen LogP contribution in [0.3, 0.4) is 0 Å². The average molecular weight is 322 g/mol. The van der Waals surface area contributed by atoms with Gasteiger partial charge >= 0.3 is 13.2 Å². The Kier molecular flexibility index (Phi) is 4.86. The smallest absolute Gasteiger partial charge is 0.475 e. The fraction of sp³-hybridized carbons (Fsp3) is 0.600. The monoisotopic (exact) mass is 322 g/mol. The average Bonchev–Trinajstić information content (AvgIpc) is 2.65. The Morgan fingerprint density at radius 2 is 1.96 bits per heavy atom. The lowest BCUT2D eigenvalue weighted by atomic mass is 9.80. The maximum atomic E-state index is 10.5. The zero-order chi connectivity index (χ0) is 17.3. The number of pyridine rings is 1. The lowest BCUT2D eigenvalue weighted by molar-refractivity contribution is 0.00578. The van der Waals surface area contributed by atoms with E-state index in [1.165, 1.54) is 0 Å². The Hall–Kier alpha value is -1.80. The largest absolute Gasteiger partial charge is 0.496 e. The van der Waals surface area contributed by atoms with Crippen LogP contribution in [0.15, 0.2) is 18.3 Å². The Labute approximate surface area is 136 Å². The topological polar surface area (TPSA) is 89.9 Å².